The number of halogens is 1. The van der Waals surface area contributed by atoms with Crippen LogP contribution in [0.2, 0.25) is 5.02 Å². The highest BCUT2D eigenvalue weighted by atomic mass is 35.5. The molecule has 3 nitrogen and oxygen atoms in total. The van der Waals surface area contributed by atoms with Gasteiger partial charge in [0.1, 0.15) is 6.61 Å². The van der Waals surface area contributed by atoms with E-state index in [0.29, 0.717) is 18.4 Å². The van der Waals surface area contributed by atoms with Gasteiger partial charge < -0.3 is 9.74 Å². The normalized spacial score (nSPS) is 23.0. The Morgan fingerprint density at radius 3 is 2.71 bits per heavy atom. The molecule has 1 aliphatic rings. The van der Waals surface area contributed by atoms with E-state index in [1.165, 1.54) is 18.4 Å². The topological polar surface area (TPSA) is 24.8 Å². The van der Waals surface area contributed by atoms with Crippen LogP contribution in [0.3, 0.4) is 0 Å². The van der Waals surface area contributed by atoms with Crippen LogP contribution in [0.15, 0.2) is 35.0 Å². The standard InChI is InChI=1S/C20H29ClN2O/c1-15(13-23(3)4)14-24-22-20-16(2)6-5-7-18(20)12-17-8-10-19(21)11-9-17/h8-12,15-16H,5-7,13-14H2,1-4H3/b18-12+,22-20+/t15-,16+/m1/s1. The number of oxime groups is 1. The molecule has 132 valence electrons. The lowest BCUT2D eigenvalue weighted by atomic mass is 9.84. The van der Waals surface area contributed by atoms with Crippen molar-refractivity contribution in [1.82, 2.24) is 4.90 Å². The summed E-state index contributed by atoms with van der Waals surface area (Å²) in [6.07, 6.45) is 5.66. The van der Waals surface area contributed by atoms with E-state index >= 15 is 0 Å². The lowest BCUT2D eigenvalue weighted by molar-refractivity contribution is 0.100. The van der Waals surface area contributed by atoms with Gasteiger partial charge in [0.2, 0.25) is 0 Å². The van der Waals surface area contributed by atoms with Gasteiger partial charge in [0.05, 0.1) is 5.71 Å². The van der Waals surface area contributed by atoms with Crippen LogP contribution < -0.4 is 0 Å². The number of rotatable bonds is 6. The first-order valence-electron chi connectivity index (χ1n) is 8.76. The average Bonchev–Trinajstić information content (AvgIpc) is 2.51. The summed E-state index contributed by atoms with van der Waals surface area (Å²) < 4.78 is 0. The van der Waals surface area contributed by atoms with Crippen molar-refractivity contribution in [3.05, 3.63) is 40.4 Å². The molecule has 1 saturated carbocycles. The van der Waals surface area contributed by atoms with Gasteiger partial charge in [-0.1, -0.05) is 42.7 Å². The molecule has 0 spiro atoms. The van der Waals surface area contributed by atoms with Crippen LogP contribution in [-0.2, 0) is 4.84 Å². The SMILES string of the molecule is C[C@@H](CO/N=C1/C(=C/c2ccc(Cl)cc2)CCC[C@@H]1C)CN(C)C. The largest absolute Gasteiger partial charge is 0.395 e. The molecule has 4 heteroatoms. The highest BCUT2D eigenvalue weighted by Gasteiger charge is 2.21. The van der Waals surface area contributed by atoms with Crippen LogP contribution >= 0.6 is 11.6 Å². The van der Waals surface area contributed by atoms with E-state index in [-0.39, 0.29) is 0 Å². The first-order valence-corrected chi connectivity index (χ1v) is 9.14. The van der Waals surface area contributed by atoms with Crippen molar-refractivity contribution >= 4 is 23.4 Å². The van der Waals surface area contributed by atoms with E-state index in [1.54, 1.807) is 0 Å². The van der Waals surface area contributed by atoms with E-state index < -0.39 is 0 Å². The Kier molecular flexibility index (Phi) is 7.32. The Balaban J connectivity index is 2.08. The second-order valence-electron chi connectivity index (χ2n) is 7.15. The van der Waals surface area contributed by atoms with Crippen molar-refractivity contribution in [1.29, 1.82) is 0 Å². The smallest absolute Gasteiger partial charge is 0.120 e. The van der Waals surface area contributed by atoms with Gasteiger partial charge in [-0.25, -0.2) is 0 Å². The van der Waals surface area contributed by atoms with Crippen LogP contribution in [0.25, 0.3) is 6.08 Å². The molecule has 0 N–H and O–H groups in total. The molecular formula is C20H29ClN2O. The third-order valence-electron chi connectivity index (χ3n) is 4.29. The minimum atomic E-state index is 0.446. The molecule has 0 aliphatic heterocycles. The monoisotopic (exact) mass is 348 g/mol. The Morgan fingerprint density at radius 1 is 1.33 bits per heavy atom. The predicted molar refractivity (Wildman–Crippen MR) is 104 cm³/mol. The predicted octanol–water partition coefficient (Wildman–Crippen LogP) is 5.11. The lowest BCUT2D eigenvalue weighted by Gasteiger charge is -2.23. The molecule has 0 aromatic heterocycles. The average molecular weight is 349 g/mol. The van der Waals surface area contributed by atoms with E-state index in [1.807, 2.05) is 24.3 Å². The Labute approximate surface area is 151 Å². The lowest BCUT2D eigenvalue weighted by Crippen LogP contribution is -2.23. The Bertz CT molecular complexity index is 578. The molecule has 0 saturated heterocycles. The van der Waals surface area contributed by atoms with Gasteiger partial charge in [-0.15, -0.1) is 0 Å². The molecule has 0 unspecified atom stereocenters. The molecule has 0 amide bonds. The molecule has 1 aromatic carbocycles. The molecule has 2 atom stereocenters. The molecular weight excluding hydrogens is 320 g/mol. The van der Waals surface area contributed by atoms with E-state index in [9.17, 15) is 0 Å². The second kappa shape index (κ2) is 9.24. The Hall–Kier alpha value is -1.32. The van der Waals surface area contributed by atoms with Crippen molar-refractivity contribution in [3.63, 3.8) is 0 Å². The fourth-order valence-corrected chi connectivity index (χ4v) is 3.27. The van der Waals surface area contributed by atoms with Gasteiger partial charge in [0.25, 0.3) is 0 Å². The molecule has 2 rings (SSSR count). The van der Waals surface area contributed by atoms with Crippen LogP contribution in [0.4, 0.5) is 0 Å². The number of hydrogen-bond acceptors (Lipinski definition) is 3. The number of benzene rings is 1. The van der Waals surface area contributed by atoms with Crippen LogP contribution in [0.1, 0.15) is 38.7 Å². The van der Waals surface area contributed by atoms with Gasteiger partial charge in [0, 0.05) is 23.4 Å². The summed E-state index contributed by atoms with van der Waals surface area (Å²) in [6.45, 7) is 6.09. The van der Waals surface area contributed by atoms with E-state index in [0.717, 1.165) is 29.3 Å². The summed E-state index contributed by atoms with van der Waals surface area (Å²) in [4.78, 5) is 7.87. The van der Waals surface area contributed by atoms with Crippen molar-refractivity contribution in [2.24, 2.45) is 17.0 Å². The van der Waals surface area contributed by atoms with Crippen molar-refractivity contribution in [3.8, 4) is 0 Å². The van der Waals surface area contributed by atoms with Crippen LogP contribution in [0, 0.1) is 11.8 Å². The highest BCUT2D eigenvalue weighted by Crippen LogP contribution is 2.28. The van der Waals surface area contributed by atoms with Crippen LogP contribution in [0.5, 0.6) is 0 Å². The summed E-state index contributed by atoms with van der Waals surface area (Å²) >= 11 is 5.97. The first-order chi connectivity index (χ1) is 11.5. The molecule has 1 aliphatic carbocycles. The second-order valence-corrected chi connectivity index (χ2v) is 7.59. The van der Waals surface area contributed by atoms with Gasteiger partial charge >= 0.3 is 0 Å². The summed E-state index contributed by atoms with van der Waals surface area (Å²) in [6, 6.07) is 7.95. The minimum Gasteiger partial charge on any atom is -0.395 e. The summed E-state index contributed by atoms with van der Waals surface area (Å²) in [5.74, 6) is 0.911. The van der Waals surface area contributed by atoms with Crippen molar-refractivity contribution in [2.75, 3.05) is 27.2 Å². The highest BCUT2D eigenvalue weighted by molar-refractivity contribution is 6.30. The fraction of sp³-hybridized carbons (Fsp3) is 0.550. The van der Waals surface area contributed by atoms with Crippen LogP contribution in [-0.4, -0.2) is 37.9 Å². The fourth-order valence-electron chi connectivity index (χ4n) is 3.14. The molecule has 0 heterocycles. The maximum Gasteiger partial charge on any atom is 0.120 e. The van der Waals surface area contributed by atoms with Gasteiger partial charge in [-0.3, -0.25) is 0 Å². The maximum absolute atomic E-state index is 5.97. The third-order valence-corrected chi connectivity index (χ3v) is 4.54. The molecule has 1 aromatic rings. The molecule has 1 fully saturated rings. The van der Waals surface area contributed by atoms with Gasteiger partial charge in [0.15, 0.2) is 0 Å². The van der Waals surface area contributed by atoms with Crippen molar-refractivity contribution in [2.45, 2.75) is 33.1 Å². The number of allylic oxidation sites excluding steroid dienone is 1. The zero-order valence-electron chi connectivity index (χ0n) is 15.3. The zero-order chi connectivity index (χ0) is 17.5. The Morgan fingerprint density at radius 2 is 2.04 bits per heavy atom. The van der Waals surface area contributed by atoms with Gasteiger partial charge in [-0.2, -0.15) is 0 Å². The summed E-state index contributed by atoms with van der Waals surface area (Å²) in [5.41, 5.74) is 3.56. The zero-order valence-corrected chi connectivity index (χ0v) is 16.0. The molecule has 0 radical (unpaired) electrons. The van der Waals surface area contributed by atoms with Gasteiger partial charge in [-0.05, 0) is 62.7 Å². The third kappa shape index (κ3) is 5.95. The summed E-state index contributed by atoms with van der Waals surface area (Å²) in [7, 11) is 4.16. The number of hydrogen-bond donors (Lipinski definition) is 0. The first kappa shape index (κ1) is 19.0. The maximum atomic E-state index is 5.97. The van der Waals surface area contributed by atoms with Crippen molar-refractivity contribution < 1.29 is 4.84 Å². The quantitative estimate of drug-likeness (QED) is 0.667. The molecule has 0 bridgehead atoms. The minimum absolute atomic E-state index is 0.446. The molecule has 24 heavy (non-hydrogen) atoms. The van der Waals surface area contributed by atoms with E-state index in [2.05, 4.69) is 44.1 Å². The van der Waals surface area contributed by atoms with E-state index in [4.69, 9.17) is 16.4 Å². The number of nitrogens with zero attached hydrogens (tertiary/aromatic N) is 2. The summed E-state index contributed by atoms with van der Waals surface area (Å²) in [5, 5.41) is 5.28.